The SMILES string of the molecule is CC(=O)OC1(CO)CCC(C)CC1. The Hall–Kier alpha value is -0.570. The maximum absolute atomic E-state index is 10.8. The molecule has 1 rings (SSSR count). The van der Waals surface area contributed by atoms with Crippen LogP contribution in [-0.4, -0.2) is 23.3 Å². The second-order valence-electron chi connectivity index (χ2n) is 4.12. The van der Waals surface area contributed by atoms with Crippen molar-refractivity contribution in [3.8, 4) is 0 Å². The van der Waals surface area contributed by atoms with Gasteiger partial charge in [-0.1, -0.05) is 6.92 Å². The first-order chi connectivity index (χ1) is 6.08. The Kier molecular flexibility index (Phi) is 3.31. The molecule has 0 bridgehead atoms. The first-order valence-electron chi connectivity index (χ1n) is 4.88. The van der Waals surface area contributed by atoms with E-state index in [1.807, 2.05) is 0 Å². The van der Waals surface area contributed by atoms with Crippen molar-refractivity contribution in [2.24, 2.45) is 5.92 Å². The van der Waals surface area contributed by atoms with E-state index in [2.05, 4.69) is 6.92 Å². The highest BCUT2D eigenvalue weighted by molar-refractivity contribution is 5.66. The van der Waals surface area contributed by atoms with E-state index in [1.165, 1.54) is 6.92 Å². The summed E-state index contributed by atoms with van der Waals surface area (Å²) in [5.41, 5.74) is -0.571. The van der Waals surface area contributed by atoms with Crippen molar-refractivity contribution in [3.63, 3.8) is 0 Å². The summed E-state index contributed by atoms with van der Waals surface area (Å²) >= 11 is 0. The zero-order chi connectivity index (χ0) is 9.90. The molecule has 0 aromatic rings. The molecule has 0 aromatic heterocycles. The molecule has 76 valence electrons. The highest BCUT2D eigenvalue weighted by atomic mass is 16.6. The molecule has 3 nitrogen and oxygen atoms in total. The van der Waals surface area contributed by atoms with Gasteiger partial charge in [0.25, 0.3) is 0 Å². The zero-order valence-corrected chi connectivity index (χ0v) is 8.38. The number of esters is 1. The number of aliphatic hydroxyl groups is 1. The summed E-state index contributed by atoms with van der Waals surface area (Å²) in [6.07, 6.45) is 3.66. The molecule has 3 heteroatoms. The number of rotatable bonds is 2. The van der Waals surface area contributed by atoms with Crippen LogP contribution < -0.4 is 0 Å². The Balaban J connectivity index is 2.55. The van der Waals surface area contributed by atoms with E-state index < -0.39 is 5.60 Å². The Morgan fingerprint density at radius 2 is 2.08 bits per heavy atom. The maximum Gasteiger partial charge on any atom is 0.303 e. The lowest BCUT2D eigenvalue weighted by atomic mass is 9.80. The molecule has 1 aliphatic carbocycles. The van der Waals surface area contributed by atoms with Gasteiger partial charge in [-0.05, 0) is 31.6 Å². The molecule has 0 heterocycles. The van der Waals surface area contributed by atoms with Gasteiger partial charge in [0.15, 0.2) is 0 Å². The van der Waals surface area contributed by atoms with E-state index in [0.29, 0.717) is 5.92 Å². The van der Waals surface area contributed by atoms with Crippen LogP contribution in [0.25, 0.3) is 0 Å². The number of aliphatic hydroxyl groups excluding tert-OH is 1. The molecular weight excluding hydrogens is 168 g/mol. The Bertz CT molecular complexity index is 181. The summed E-state index contributed by atoms with van der Waals surface area (Å²) in [7, 11) is 0. The fraction of sp³-hybridized carbons (Fsp3) is 0.900. The molecular formula is C10H18O3. The van der Waals surface area contributed by atoms with Crippen LogP contribution >= 0.6 is 0 Å². The third kappa shape index (κ3) is 2.69. The second kappa shape index (κ2) is 4.09. The fourth-order valence-corrected chi connectivity index (χ4v) is 1.89. The molecule has 13 heavy (non-hydrogen) atoms. The third-order valence-corrected chi connectivity index (χ3v) is 2.83. The fourth-order valence-electron chi connectivity index (χ4n) is 1.89. The molecule has 1 aliphatic rings. The third-order valence-electron chi connectivity index (χ3n) is 2.83. The topological polar surface area (TPSA) is 46.5 Å². The van der Waals surface area contributed by atoms with E-state index in [4.69, 9.17) is 4.74 Å². The first kappa shape index (κ1) is 10.5. The van der Waals surface area contributed by atoms with Crippen LogP contribution in [0.2, 0.25) is 0 Å². The average Bonchev–Trinajstić information content (AvgIpc) is 2.09. The van der Waals surface area contributed by atoms with E-state index in [9.17, 15) is 9.90 Å². The van der Waals surface area contributed by atoms with Crippen molar-refractivity contribution < 1.29 is 14.6 Å². The largest absolute Gasteiger partial charge is 0.457 e. The Morgan fingerprint density at radius 3 is 2.46 bits per heavy atom. The summed E-state index contributed by atoms with van der Waals surface area (Å²) in [6, 6.07) is 0. The van der Waals surface area contributed by atoms with E-state index in [-0.39, 0.29) is 12.6 Å². The highest BCUT2D eigenvalue weighted by Crippen LogP contribution is 2.34. The van der Waals surface area contributed by atoms with E-state index in [0.717, 1.165) is 25.7 Å². The summed E-state index contributed by atoms with van der Waals surface area (Å²) < 4.78 is 5.19. The van der Waals surface area contributed by atoms with Gasteiger partial charge < -0.3 is 9.84 Å². The average molecular weight is 186 g/mol. The molecule has 0 spiro atoms. The molecule has 1 fully saturated rings. The first-order valence-corrected chi connectivity index (χ1v) is 4.88. The van der Waals surface area contributed by atoms with Gasteiger partial charge in [-0.25, -0.2) is 0 Å². The quantitative estimate of drug-likeness (QED) is 0.665. The van der Waals surface area contributed by atoms with Crippen LogP contribution in [0, 0.1) is 5.92 Å². The summed E-state index contributed by atoms with van der Waals surface area (Å²) in [4.78, 5) is 10.8. The van der Waals surface area contributed by atoms with Gasteiger partial charge in [-0.3, -0.25) is 4.79 Å². The van der Waals surface area contributed by atoms with Gasteiger partial charge in [-0.15, -0.1) is 0 Å². The normalized spacial score (nSPS) is 34.2. The lowest BCUT2D eigenvalue weighted by Gasteiger charge is -2.37. The lowest BCUT2D eigenvalue weighted by molar-refractivity contribution is -0.167. The van der Waals surface area contributed by atoms with Gasteiger partial charge in [0, 0.05) is 6.92 Å². The van der Waals surface area contributed by atoms with Crippen molar-refractivity contribution in [1.29, 1.82) is 0 Å². The molecule has 0 amide bonds. The van der Waals surface area contributed by atoms with E-state index in [1.54, 1.807) is 0 Å². The van der Waals surface area contributed by atoms with Gasteiger partial charge >= 0.3 is 5.97 Å². The van der Waals surface area contributed by atoms with Gasteiger partial charge in [0.05, 0.1) is 6.61 Å². The molecule has 0 unspecified atom stereocenters. The van der Waals surface area contributed by atoms with Crippen molar-refractivity contribution in [1.82, 2.24) is 0 Å². The molecule has 0 radical (unpaired) electrons. The molecule has 0 atom stereocenters. The van der Waals surface area contributed by atoms with Crippen molar-refractivity contribution in [3.05, 3.63) is 0 Å². The smallest absolute Gasteiger partial charge is 0.303 e. The second-order valence-corrected chi connectivity index (χ2v) is 4.12. The predicted molar refractivity (Wildman–Crippen MR) is 49.2 cm³/mol. The van der Waals surface area contributed by atoms with Crippen LogP contribution in [0.3, 0.4) is 0 Å². The van der Waals surface area contributed by atoms with Gasteiger partial charge in [0.2, 0.25) is 0 Å². The van der Waals surface area contributed by atoms with E-state index >= 15 is 0 Å². The highest BCUT2D eigenvalue weighted by Gasteiger charge is 2.36. The van der Waals surface area contributed by atoms with Gasteiger partial charge in [-0.2, -0.15) is 0 Å². The monoisotopic (exact) mass is 186 g/mol. The zero-order valence-electron chi connectivity index (χ0n) is 8.38. The molecule has 0 aromatic carbocycles. The summed E-state index contributed by atoms with van der Waals surface area (Å²) in [6.45, 7) is 3.55. The van der Waals surface area contributed by atoms with Crippen LogP contribution in [0.5, 0.6) is 0 Å². The van der Waals surface area contributed by atoms with Crippen molar-refractivity contribution >= 4 is 5.97 Å². The summed E-state index contributed by atoms with van der Waals surface area (Å²) in [5.74, 6) is 0.402. The number of hydrogen-bond acceptors (Lipinski definition) is 3. The lowest BCUT2D eigenvalue weighted by Crippen LogP contribution is -2.41. The van der Waals surface area contributed by atoms with Crippen LogP contribution in [0.4, 0.5) is 0 Å². The van der Waals surface area contributed by atoms with Crippen molar-refractivity contribution in [2.75, 3.05) is 6.61 Å². The Morgan fingerprint density at radius 1 is 1.54 bits per heavy atom. The number of carbonyl (C=O) groups excluding carboxylic acids is 1. The van der Waals surface area contributed by atoms with Gasteiger partial charge in [0.1, 0.15) is 5.60 Å². The van der Waals surface area contributed by atoms with Crippen LogP contribution in [0.1, 0.15) is 39.5 Å². The molecule has 1 saturated carbocycles. The molecule has 0 saturated heterocycles. The number of hydrogen-bond donors (Lipinski definition) is 1. The molecule has 1 N–H and O–H groups in total. The summed E-state index contributed by atoms with van der Waals surface area (Å²) in [5, 5.41) is 9.20. The Labute approximate surface area is 79.1 Å². The van der Waals surface area contributed by atoms with Crippen LogP contribution in [-0.2, 0) is 9.53 Å². The minimum absolute atomic E-state index is 0.0424. The molecule has 0 aliphatic heterocycles. The predicted octanol–water partition coefficient (Wildman–Crippen LogP) is 1.49. The number of ether oxygens (including phenoxy) is 1. The van der Waals surface area contributed by atoms with Crippen molar-refractivity contribution in [2.45, 2.75) is 45.1 Å². The standard InChI is InChI=1S/C10H18O3/c1-8-3-5-10(7-11,6-4-8)13-9(2)12/h8,11H,3-7H2,1-2H3. The minimum atomic E-state index is -0.571. The van der Waals surface area contributed by atoms with Crippen LogP contribution in [0.15, 0.2) is 0 Å². The number of carbonyl (C=O) groups is 1. The maximum atomic E-state index is 10.8. The minimum Gasteiger partial charge on any atom is -0.457 e.